The van der Waals surface area contributed by atoms with Crippen molar-refractivity contribution in [1.82, 2.24) is 29.0 Å². The maximum Gasteiger partial charge on any atom is 0.407 e. The molecule has 1 aromatic rings. The third kappa shape index (κ3) is 10.6. The van der Waals surface area contributed by atoms with Crippen molar-refractivity contribution in [3.8, 4) is 5.75 Å². The first-order valence-electron chi connectivity index (χ1n) is 17.6. The van der Waals surface area contributed by atoms with Gasteiger partial charge in [-0.15, -0.1) is 0 Å². The van der Waals surface area contributed by atoms with Crippen molar-refractivity contribution in [2.24, 2.45) is 5.92 Å². The van der Waals surface area contributed by atoms with Crippen LogP contribution in [0, 0.1) is 5.92 Å². The molecule has 12 nitrogen and oxygen atoms in total. The van der Waals surface area contributed by atoms with E-state index in [2.05, 4.69) is 24.1 Å². The smallest absolute Gasteiger partial charge is 0.407 e. The van der Waals surface area contributed by atoms with E-state index in [4.69, 9.17) is 9.47 Å². The highest BCUT2D eigenvalue weighted by atomic mass is 32.2. The minimum Gasteiger partial charge on any atom is -0.490 e. The van der Waals surface area contributed by atoms with E-state index in [0.29, 0.717) is 36.6 Å². The Morgan fingerprint density at radius 1 is 1.00 bits per heavy atom. The number of carbonyl (C=O) groups is 4. The summed E-state index contributed by atoms with van der Waals surface area (Å²) in [5, 5.41) is 5.45. The van der Waals surface area contributed by atoms with Crippen molar-refractivity contribution in [3.63, 3.8) is 0 Å². The summed E-state index contributed by atoms with van der Waals surface area (Å²) in [6, 6.07) is 5.31. The van der Waals surface area contributed by atoms with E-state index >= 15 is 0 Å². The Kier molecular flexibility index (Phi) is 12.8. The third-order valence-corrected chi connectivity index (χ3v) is 11.0. The van der Waals surface area contributed by atoms with Crippen LogP contribution in [-0.2, 0) is 20.9 Å². The van der Waals surface area contributed by atoms with Gasteiger partial charge in [-0.05, 0) is 84.7 Å². The summed E-state index contributed by atoms with van der Waals surface area (Å²) < 4.78 is 16.9. The lowest BCUT2D eigenvalue weighted by Gasteiger charge is -2.39. The molecule has 1 aromatic carbocycles. The second-order valence-electron chi connectivity index (χ2n) is 14.7. The molecule has 4 heterocycles. The number of carbonyl (C=O) groups excluding carboxylic acids is 4. The van der Waals surface area contributed by atoms with Crippen LogP contribution in [0.25, 0.3) is 0 Å². The van der Waals surface area contributed by atoms with Crippen LogP contribution >= 0.6 is 12.1 Å². The van der Waals surface area contributed by atoms with Crippen LogP contribution in [-0.4, -0.2) is 119 Å². The van der Waals surface area contributed by atoms with Gasteiger partial charge < -0.3 is 19.7 Å². The maximum absolute atomic E-state index is 12.4. The van der Waals surface area contributed by atoms with Gasteiger partial charge in [-0.2, -0.15) is 0 Å². The van der Waals surface area contributed by atoms with Gasteiger partial charge in [-0.1, -0.05) is 12.1 Å². The predicted molar refractivity (Wildman–Crippen MR) is 185 cm³/mol. The number of benzene rings is 1. The number of imide groups is 1. The zero-order valence-corrected chi connectivity index (χ0v) is 29.9. The highest BCUT2D eigenvalue weighted by Crippen LogP contribution is 2.31. The van der Waals surface area contributed by atoms with Crippen molar-refractivity contribution in [2.75, 3.05) is 52.9 Å². The predicted octanol–water partition coefficient (Wildman–Crippen LogP) is 3.84. The average molecular weight is 687 g/mol. The van der Waals surface area contributed by atoms with Crippen LogP contribution in [0.5, 0.6) is 5.75 Å². The van der Waals surface area contributed by atoms with Gasteiger partial charge in [-0.3, -0.25) is 24.6 Å². The zero-order valence-electron chi connectivity index (χ0n) is 29.1. The number of likely N-dealkylation sites (tertiary alicyclic amines) is 1. The molecule has 0 spiro atoms. The number of amides is 3. The van der Waals surface area contributed by atoms with E-state index in [9.17, 15) is 19.2 Å². The molecule has 4 saturated heterocycles. The number of likely N-dealkylation sites (N-methyl/N-ethyl adjacent to an activating group) is 1. The van der Waals surface area contributed by atoms with Gasteiger partial charge >= 0.3 is 6.09 Å². The molecule has 0 radical (unpaired) electrons. The second kappa shape index (κ2) is 16.8. The molecule has 1 atom stereocenters. The topological polar surface area (TPSA) is 124 Å². The lowest BCUT2D eigenvalue weighted by atomic mass is 9.96. The molecule has 0 saturated carbocycles. The van der Waals surface area contributed by atoms with E-state index in [0.717, 1.165) is 83.3 Å². The van der Waals surface area contributed by atoms with Crippen molar-refractivity contribution < 1.29 is 28.7 Å². The first kappa shape index (κ1) is 36.6. The number of piperidine rings is 4. The molecule has 0 bridgehead atoms. The molecular formula is C35H54N6O6S. The third-order valence-electron chi connectivity index (χ3n) is 9.77. The highest BCUT2D eigenvalue weighted by Gasteiger charge is 2.32. The van der Waals surface area contributed by atoms with Gasteiger partial charge in [0.2, 0.25) is 11.8 Å². The molecule has 0 aliphatic carbocycles. The number of hydrogen-bond acceptors (Lipinski definition) is 11. The molecule has 4 aliphatic heterocycles. The Hall–Kier alpha value is -2.71. The van der Waals surface area contributed by atoms with E-state index in [-0.39, 0.29) is 30.1 Å². The number of hydrogen-bond donors (Lipinski definition) is 2. The molecule has 0 aromatic heterocycles. The van der Waals surface area contributed by atoms with Gasteiger partial charge in [-0.25, -0.2) is 13.4 Å². The van der Waals surface area contributed by atoms with Crippen LogP contribution in [0.15, 0.2) is 18.2 Å². The molecule has 266 valence electrons. The number of nitrogens with one attached hydrogen (secondary N) is 2. The van der Waals surface area contributed by atoms with Gasteiger partial charge in [0.15, 0.2) is 6.29 Å². The molecule has 2 N–H and O–H groups in total. The van der Waals surface area contributed by atoms with Gasteiger partial charge in [0, 0.05) is 88.1 Å². The van der Waals surface area contributed by atoms with E-state index < -0.39 is 11.6 Å². The first-order chi connectivity index (χ1) is 23.0. The Morgan fingerprint density at radius 3 is 2.29 bits per heavy atom. The summed E-state index contributed by atoms with van der Waals surface area (Å²) in [7, 11) is 1.85. The van der Waals surface area contributed by atoms with Gasteiger partial charge in [0.05, 0.1) is 6.04 Å². The lowest BCUT2D eigenvalue weighted by Crippen LogP contribution is -2.51. The summed E-state index contributed by atoms with van der Waals surface area (Å²) in [6.07, 6.45) is 7.51. The van der Waals surface area contributed by atoms with Crippen LogP contribution in [0.1, 0.15) is 88.1 Å². The Balaban J connectivity index is 1.01. The molecule has 5 rings (SSSR count). The standard InChI is InChI=1S/C35H54N6O6S/c1-35(2,3)47-34(45)36-27-12-20-41(21-13-27)48-40-18-10-25(11-19-40)22-39-16-14-28(15-17-39)46-31-7-5-6-26(24-42)29(31)23-38(4)30-8-9-32(43)37-33(30)44/h5-7,24-25,27-28,30H,8-23H2,1-4H3,(H,36,45)(H,37,43,44). The van der Waals surface area contributed by atoms with Crippen molar-refractivity contribution in [2.45, 2.75) is 102 Å². The van der Waals surface area contributed by atoms with Crippen LogP contribution < -0.4 is 15.4 Å². The number of alkyl carbamates (subject to hydrolysis) is 1. The number of rotatable bonds is 11. The number of ether oxygens (including phenoxy) is 2. The quantitative estimate of drug-likeness (QED) is 0.201. The fraction of sp³-hybridized carbons (Fsp3) is 0.714. The SMILES string of the molecule is CN(Cc1c(C=O)cccc1OC1CCN(CC2CCN(SN3CCC(NC(=O)OC(C)(C)C)CC3)CC2)CC1)C1CCC(=O)NC1=O. The minimum absolute atomic E-state index is 0.0736. The van der Waals surface area contributed by atoms with Crippen molar-refractivity contribution >= 4 is 36.3 Å². The largest absolute Gasteiger partial charge is 0.490 e. The zero-order chi connectivity index (χ0) is 34.3. The molecular weight excluding hydrogens is 632 g/mol. The fourth-order valence-corrected chi connectivity index (χ4v) is 8.16. The molecule has 1 unspecified atom stereocenters. The van der Waals surface area contributed by atoms with Crippen LogP contribution in [0.4, 0.5) is 4.79 Å². The number of nitrogens with zero attached hydrogens (tertiary/aromatic N) is 4. The van der Waals surface area contributed by atoms with Gasteiger partial charge in [0.1, 0.15) is 17.5 Å². The molecule has 3 amide bonds. The van der Waals surface area contributed by atoms with E-state index in [1.165, 1.54) is 12.8 Å². The summed E-state index contributed by atoms with van der Waals surface area (Å²) in [4.78, 5) is 52.6. The fourth-order valence-electron chi connectivity index (χ4n) is 7.08. The Labute approximate surface area is 289 Å². The Bertz CT molecular complexity index is 1270. The van der Waals surface area contributed by atoms with Gasteiger partial charge in [0.25, 0.3) is 0 Å². The summed E-state index contributed by atoms with van der Waals surface area (Å²) in [5.41, 5.74) is 0.871. The summed E-state index contributed by atoms with van der Waals surface area (Å²) in [6.45, 7) is 13.2. The van der Waals surface area contributed by atoms with Crippen molar-refractivity contribution in [1.29, 1.82) is 0 Å². The molecule has 48 heavy (non-hydrogen) atoms. The van der Waals surface area contributed by atoms with Crippen LogP contribution in [0.2, 0.25) is 0 Å². The lowest BCUT2D eigenvalue weighted by molar-refractivity contribution is -0.137. The van der Waals surface area contributed by atoms with E-state index in [1.54, 1.807) is 6.07 Å². The normalized spacial score (nSPS) is 23.2. The second-order valence-corrected chi connectivity index (χ2v) is 15.9. The van der Waals surface area contributed by atoms with Crippen LogP contribution in [0.3, 0.4) is 0 Å². The summed E-state index contributed by atoms with van der Waals surface area (Å²) in [5.74, 6) is 0.868. The minimum atomic E-state index is -0.478. The van der Waals surface area contributed by atoms with E-state index in [1.807, 2.05) is 57.0 Å². The summed E-state index contributed by atoms with van der Waals surface area (Å²) >= 11 is 1.87. The number of aldehydes is 1. The van der Waals surface area contributed by atoms with Crippen molar-refractivity contribution in [3.05, 3.63) is 29.3 Å². The molecule has 4 fully saturated rings. The Morgan fingerprint density at radius 2 is 1.67 bits per heavy atom. The monoisotopic (exact) mass is 686 g/mol. The first-order valence-corrected chi connectivity index (χ1v) is 18.4. The highest BCUT2D eigenvalue weighted by molar-refractivity contribution is 7.94. The average Bonchev–Trinajstić information content (AvgIpc) is 3.03. The maximum atomic E-state index is 12.4. The molecule has 13 heteroatoms. The molecule has 4 aliphatic rings.